The maximum Gasteiger partial charge on any atom is 0.273 e. The Morgan fingerprint density at radius 2 is 1.69 bits per heavy atom. The molecule has 0 radical (unpaired) electrons. The third-order valence-electron chi connectivity index (χ3n) is 4.20. The number of carbonyl (C=O) groups excluding carboxylic acids is 1. The smallest absolute Gasteiger partial charge is 0.273 e. The van der Waals surface area contributed by atoms with Crippen LogP contribution in [0.3, 0.4) is 0 Å². The van der Waals surface area contributed by atoms with E-state index in [4.69, 9.17) is 4.42 Å². The highest BCUT2D eigenvalue weighted by molar-refractivity contribution is 6.06. The van der Waals surface area contributed by atoms with Crippen molar-refractivity contribution in [1.29, 1.82) is 0 Å². The van der Waals surface area contributed by atoms with Crippen molar-refractivity contribution in [2.24, 2.45) is 0 Å². The molecule has 128 valence electrons. The number of furan rings is 1. The Labute approximate surface area is 148 Å². The number of anilines is 1. The number of benzene rings is 3. The molecule has 1 heterocycles. The van der Waals surface area contributed by atoms with Gasteiger partial charge in [0.25, 0.3) is 5.69 Å². The Hall–Kier alpha value is -3.67. The van der Waals surface area contributed by atoms with Gasteiger partial charge in [-0.05, 0) is 18.2 Å². The lowest BCUT2D eigenvalue weighted by Gasteiger charge is -2.06. The van der Waals surface area contributed by atoms with Gasteiger partial charge in [-0.2, -0.15) is 0 Å². The predicted molar refractivity (Wildman–Crippen MR) is 99.2 cm³/mol. The summed E-state index contributed by atoms with van der Waals surface area (Å²) >= 11 is 0. The molecule has 1 N–H and O–H groups in total. The van der Waals surface area contributed by atoms with E-state index >= 15 is 0 Å². The average molecular weight is 346 g/mol. The third kappa shape index (κ3) is 2.88. The van der Waals surface area contributed by atoms with Crippen LogP contribution < -0.4 is 5.32 Å². The number of para-hydroxylation sites is 2. The minimum atomic E-state index is -0.483. The molecule has 0 aliphatic rings. The normalized spacial score (nSPS) is 10.9. The van der Waals surface area contributed by atoms with Crippen LogP contribution >= 0.6 is 0 Å². The quantitative estimate of drug-likeness (QED) is 0.429. The van der Waals surface area contributed by atoms with Gasteiger partial charge >= 0.3 is 0 Å². The fourth-order valence-electron chi connectivity index (χ4n) is 3.02. The maximum atomic E-state index is 12.3. The van der Waals surface area contributed by atoms with Crippen molar-refractivity contribution in [3.8, 4) is 0 Å². The zero-order valence-corrected chi connectivity index (χ0v) is 13.6. The van der Waals surface area contributed by atoms with Gasteiger partial charge in [-0.3, -0.25) is 14.9 Å². The number of rotatable bonds is 4. The molecular formula is C20H14N2O4. The lowest BCUT2D eigenvalue weighted by Crippen LogP contribution is -2.15. The summed E-state index contributed by atoms with van der Waals surface area (Å²) in [6.45, 7) is 0. The topological polar surface area (TPSA) is 85.4 Å². The summed E-state index contributed by atoms with van der Waals surface area (Å²) in [5, 5.41) is 15.8. The average Bonchev–Trinajstić information content (AvgIpc) is 2.99. The van der Waals surface area contributed by atoms with Crippen LogP contribution in [0.1, 0.15) is 5.56 Å². The van der Waals surface area contributed by atoms with Crippen LogP contribution in [0.4, 0.5) is 11.4 Å². The van der Waals surface area contributed by atoms with Gasteiger partial charge in [0.15, 0.2) is 0 Å². The molecule has 4 aromatic rings. The van der Waals surface area contributed by atoms with Gasteiger partial charge < -0.3 is 9.73 Å². The van der Waals surface area contributed by atoms with Crippen LogP contribution in [-0.2, 0) is 11.2 Å². The molecule has 26 heavy (non-hydrogen) atoms. The van der Waals surface area contributed by atoms with Crippen LogP contribution in [0.5, 0.6) is 0 Å². The molecule has 0 unspecified atom stereocenters. The van der Waals surface area contributed by atoms with Crippen molar-refractivity contribution in [2.75, 3.05) is 5.32 Å². The number of fused-ring (bicyclic) bond motifs is 3. The lowest BCUT2D eigenvalue weighted by atomic mass is 10.1. The minimum Gasteiger partial charge on any atom is -0.456 e. The molecule has 0 aliphatic heterocycles. The highest BCUT2D eigenvalue weighted by Crippen LogP contribution is 2.30. The zero-order chi connectivity index (χ0) is 18.1. The van der Waals surface area contributed by atoms with E-state index in [1.165, 1.54) is 6.07 Å². The van der Waals surface area contributed by atoms with Gasteiger partial charge in [0.1, 0.15) is 11.2 Å². The van der Waals surface area contributed by atoms with E-state index in [2.05, 4.69) is 5.32 Å². The number of hydrogen-bond donors (Lipinski definition) is 1. The van der Waals surface area contributed by atoms with Gasteiger partial charge in [0, 0.05) is 34.2 Å². The molecule has 0 spiro atoms. The minimum absolute atomic E-state index is 0.0598. The molecule has 0 aliphatic carbocycles. The highest BCUT2D eigenvalue weighted by Gasteiger charge is 2.16. The van der Waals surface area contributed by atoms with Crippen molar-refractivity contribution < 1.29 is 14.1 Å². The van der Waals surface area contributed by atoms with Gasteiger partial charge in [-0.25, -0.2) is 0 Å². The first-order chi connectivity index (χ1) is 12.6. The molecule has 1 amide bonds. The first-order valence-electron chi connectivity index (χ1n) is 8.05. The third-order valence-corrected chi connectivity index (χ3v) is 4.20. The molecule has 0 atom stereocenters. The molecule has 0 saturated carbocycles. The van der Waals surface area contributed by atoms with Crippen LogP contribution in [0.15, 0.2) is 71.1 Å². The second kappa shape index (κ2) is 6.33. The van der Waals surface area contributed by atoms with Gasteiger partial charge in [0.2, 0.25) is 5.91 Å². The Morgan fingerprint density at radius 3 is 2.54 bits per heavy atom. The second-order valence-corrected chi connectivity index (χ2v) is 5.92. The first-order valence-corrected chi connectivity index (χ1v) is 8.05. The highest BCUT2D eigenvalue weighted by atomic mass is 16.6. The second-order valence-electron chi connectivity index (χ2n) is 5.92. The van der Waals surface area contributed by atoms with Gasteiger partial charge in [-0.15, -0.1) is 0 Å². The Balaban J connectivity index is 1.58. The van der Waals surface area contributed by atoms with Crippen molar-refractivity contribution >= 4 is 39.2 Å². The summed E-state index contributed by atoms with van der Waals surface area (Å²) in [5.74, 6) is -0.324. The predicted octanol–water partition coefficient (Wildman–Crippen LogP) is 4.68. The van der Waals surface area contributed by atoms with E-state index in [0.29, 0.717) is 16.8 Å². The summed E-state index contributed by atoms with van der Waals surface area (Å²) in [6, 6.07) is 19.4. The van der Waals surface area contributed by atoms with Crippen LogP contribution in [0, 0.1) is 10.1 Å². The Bertz CT molecular complexity index is 1150. The van der Waals surface area contributed by atoms with Gasteiger partial charge in [0.05, 0.1) is 11.3 Å². The van der Waals surface area contributed by atoms with Crippen LogP contribution in [0.2, 0.25) is 0 Å². The first kappa shape index (κ1) is 15.8. The summed E-state index contributed by atoms with van der Waals surface area (Å²) in [7, 11) is 0. The van der Waals surface area contributed by atoms with Crippen molar-refractivity contribution in [2.45, 2.75) is 6.42 Å². The van der Waals surface area contributed by atoms with Gasteiger partial charge in [-0.1, -0.05) is 36.4 Å². The maximum absolute atomic E-state index is 12.3. The van der Waals surface area contributed by atoms with Crippen molar-refractivity contribution in [3.05, 3.63) is 82.4 Å². The fraction of sp³-hybridized carbons (Fsp3) is 0.0500. The number of hydrogen-bond acceptors (Lipinski definition) is 4. The van der Waals surface area contributed by atoms with E-state index in [1.54, 1.807) is 30.3 Å². The number of nitro benzene ring substituents is 1. The largest absolute Gasteiger partial charge is 0.456 e. The van der Waals surface area contributed by atoms with Crippen LogP contribution in [0.25, 0.3) is 21.9 Å². The Kier molecular flexibility index (Phi) is 3.85. The number of amides is 1. The zero-order valence-electron chi connectivity index (χ0n) is 13.6. The summed E-state index contributed by atoms with van der Waals surface area (Å²) in [6.07, 6.45) is -0.0741. The SMILES string of the molecule is O=C(Cc1ccccc1[N+](=O)[O-])Nc1ccc2c(c1)oc1ccccc12. The molecular weight excluding hydrogens is 332 g/mol. The summed E-state index contributed by atoms with van der Waals surface area (Å²) in [5.41, 5.74) is 2.36. The summed E-state index contributed by atoms with van der Waals surface area (Å²) < 4.78 is 5.80. The molecule has 4 rings (SSSR count). The summed E-state index contributed by atoms with van der Waals surface area (Å²) in [4.78, 5) is 22.9. The molecule has 0 bridgehead atoms. The number of nitro groups is 1. The van der Waals surface area contributed by atoms with E-state index in [0.717, 1.165) is 16.4 Å². The number of carbonyl (C=O) groups is 1. The monoisotopic (exact) mass is 346 g/mol. The molecule has 0 fully saturated rings. The van der Waals surface area contributed by atoms with E-state index in [9.17, 15) is 14.9 Å². The number of nitrogens with zero attached hydrogens (tertiary/aromatic N) is 1. The molecule has 1 aromatic heterocycles. The van der Waals surface area contributed by atoms with Crippen molar-refractivity contribution in [3.63, 3.8) is 0 Å². The standard InChI is InChI=1S/C20H14N2O4/c23-20(11-13-5-1-3-7-17(13)22(24)25)21-14-9-10-16-15-6-2-4-8-18(15)26-19(16)12-14/h1-10,12H,11H2,(H,21,23). The fourth-order valence-corrected chi connectivity index (χ4v) is 3.02. The molecule has 6 heteroatoms. The molecule has 0 saturated heterocycles. The van der Waals surface area contributed by atoms with E-state index in [1.807, 2.05) is 30.3 Å². The van der Waals surface area contributed by atoms with E-state index in [-0.39, 0.29) is 18.0 Å². The molecule has 6 nitrogen and oxygen atoms in total. The molecule has 3 aromatic carbocycles. The van der Waals surface area contributed by atoms with Crippen LogP contribution in [-0.4, -0.2) is 10.8 Å². The lowest BCUT2D eigenvalue weighted by molar-refractivity contribution is -0.385. The van der Waals surface area contributed by atoms with E-state index < -0.39 is 4.92 Å². The number of nitrogens with one attached hydrogen (secondary N) is 1. The van der Waals surface area contributed by atoms with Crippen molar-refractivity contribution in [1.82, 2.24) is 0 Å². The Morgan fingerprint density at radius 1 is 0.962 bits per heavy atom.